The van der Waals surface area contributed by atoms with Crippen LogP contribution in [0.4, 0.5) is 4.39 Å². The molecule has 0 saturated carbocycles. The number of carbonyl (C=O) groups excluding carboxylic acids is 1. The number of aliphatic carboxylic acids is 2. The molecule has 1 aromatic rings. The molecular formula is C22H30FN3O6. The summed E-state index contributed by atoms with van der Waals surface area (Å²) in [5.41, 5.74) is 3.63. The van der Waals surface area contributed by atoms with E-state index in [1.165, 1.54) is 12.1 Å². The van der Waals surface area contributed by atoms with Gasteiger partial charge in [-0.05, 0) is 43.6 Å². The smallest absolute Gasteiger partial charge is 0.414 e. The lowest BCUT2D eigenvalue weighted by molar-refractivity contribution is -0.159. The molecule has 1 aliphatic heterocycles. The molecule has 0 unspecified atom stereocenters. The lowest BCUT2D eigenvalue weighted by Gasteiger charge is -2.39. The number of rotatable bonds is 4. The van der Waals surface area contributed by atoms with Crippen LogP contribution in [0.2, 0.25) is 0 Å². The van der Waals surface area contributed by atoms with Gasteiger partial charge in [-0.3, -0.25) is 9.80 Å². The Bertz CT molecular complexity index is 910. The minimum Gasteiger partial charge on any atom is -0.473 e. The van der Waals surface area contributed by atoms with Crippen molar-refractivity contribution in [2.75, 3.05) is 27.2 Å². The number of ketones is 1. The number of hydrazone groups is 1. The molecule has 0 atom stereocenters. The van der Waals surface area contributed by atoms with E-state index in [2.05, 4.69) is 18.7 Å². The van der Waals surface area contributed by atoms with Crippen LogP contribution in [0.3, 0.4) is 0 Å². The molecule has 0 radical (unpaired) electrons. The van der Waals surface area contributed by atoms with E-state index < -0.39 is 11.9 Å². The molecule has 0 amide bonds. The molecule has 0 bridgehead atoms. The fraction of sp³-hybridized carbons (Fsp3) is 0.455. The van der Waals surface area contributed by atoms with Gasteiger partial charge in [0.2, 0.25) is 0 Å². The first kappa shape index (κ1) is 26.9. The Labute approximate surface area is 186 Å². The highest BCUT2D eigenvalue weighted by molar-refractivity contribution is 6.27. The summed E-state index contributed by atoms with van der Waals surface area (Å²) in [5, 5.41) is 21.6. The molecule has 0 fully saturated rings. The number of carbonyl (C=O) groups is 3. The normalized spacial score (nSPS) is 17.0. The third-order valence-corrected chi connectivity index (χ3v) is 4.99. The van der Waals surface area contributed by atoms with Gasteiger partial charge >= 0.3 is 11.9 Å². The van der Waals surface area contributed by atoms with Crippen molar-refractivity contribution in [1.29, 1.82) is 0 Å². The number of carboxylic acids is 2. The molecule has 0 saturated heterocycles. The van der Waals surface area contributed by atoms with Crippen molar-refractivity contribution in [3.05, 3.63) is 46.9 Å². The Hall–Kier alpha value is -3.11. The summed E-state index contributed by atoms with van der Waals surface area (Å²) < 4.78 is 13.2. The van der Waals surface area contributed by atoms with Gasteiger partial charge in [0.25, 0.3) is 0 Å². The largest absolute Gasteiger partial charge is 0.473 e. The highest BCUT2D eigenvalue weighted by atomic mass is 19.1. The van der Waals surface area contributed by atoms with E-state index in [-0.39, 0.29) is 22.5 Å². The van der Waals surface area contributed by atoms with Crippen molar-refractivity contribution in [1.82, 2.24) is 9.91 Å². The van der Waals surface area contributed by atoms with Gasteiger partial charge in [-0.25, -0.2) is 14.0 Å². The first-order chi connectivity index (χ1) is 14.4. The third-order valence-electron chi connectivity index (χ3n) is 4.99. The SMILES string of the molecule is CN(C)CCN1N=C(c2ccc(F)cc2)CC2=C1CC(C)(C)CC2=O.O.O=C(O)C(=O)O. The van der Waals surface area contributed by atoms with Crippen LogP contribution < -0.4 is 0 Å². The van der Waals surface area contributed by atoms with Crippen molar-refractivity contribution < 1.29 is 34.5 Å². The van der Waals surface area contributed by atoms with Gasteiger partial charge in [-0.15, -0.1) is 0 Å². The quantitative estimate of drug-likeness (QED) is 0.664. The molecule has 0 spiro atoms. The summed E-state index contributed by atoms with van der Waals surface area (Å²) in [6.45, 7) is 5.86. The summed E-state index contributed by atoms with van der Waals surface area (Å²) in [6.07, 6.45) is 1.97. The molecule has 0 aromatic heterocycles. The van der Waals surface area contributed by atoms with Crippen LogP contribution in [0.1, 0.15) is 38.7 Å². The van der Waals surface area contributed by atoms with Gasteiger partial charge in [-0.1, -0.05) is 26.0 Å². The lowest BCUT2D eigenvalue weighted by Crippen LogP contribution is -2.38. The zero-order valence-electron chi connectivity index (χ0n) is 18.7. The maximum Gasteiger partial charge on any atom is 0.414 e. The van der Waals surface area contributed by atoms with E-state index in [0.717, 1.165) is 42.1 Å². The minimum absolute atomic E-state index is 0. The van der Waals surface area contributed by atoms with E-state index in [9.17, 15) is 9.18 Å². The van der Waals surface area contributed by atoms with Crippen molar-refractivity contribution in [2.24, 2.45) is 10.5 Å². The molecule has 3 rings (SSSR count). The van der Waals surface area contributed by atoms with Gasteiger partial charge in [0.05, 0.1) is 12.3 Å². The Morgan fingerprint density at radius 2 is 1.69 bits per heavy atom. The van der Waals surface area contributed by atoms with Crippen LogP contribution in [0.5, 0.6) is 0 Å². The maximum atomic E-state index is 13.2. The number of halogens is 1. The number of carboxylic acid groups (broad SMARTS) is 2. The Balaban J connectivity index is 0.000000648. The van der Waals surface area contributed by atoms with Gasteiger partial charge in [0.15, 0.2) is 5.78 Å². The summed E-state index contributed by atoms with van der Waals surface area (Å²) in [5.74, 6) is -3.69. The number of Topliss-reactive ketones (excluding diaryl/α,β-unsaturated/α-hetero) is 1. The molecule has 1 aliphatic carbocycles. The lowest BCUT2D eigenvalue weighted by atomic mass is 9.74. The van der Waals surface area contributed by atoms with Crippen molar-refractivity contribution in [3.63, 3.8) is 0 Å². The number of hydrogen-bond donors (Lipinski definition) is 2. The summed E-state index contributed by atoms with van der Waals surface area (Å²) in [4.78, 5) is 33.1. The van der Waals surface area contributed by atoms with E-state index in [1.54, 1.807) is 12.1 Å². The maximum absolute atomic E-state index is 13.2. The van der Waals surface area contributed by atoms with Crippen LogP contribution in [-0.4, -0.2) is 76.2 Å². The molecule has 176 valence electrons. The van der Waals surface area contributed by atoms with Gasteiger partial charge in [0, 0.05) is 30.7 Å². The molecular weight excluding hydrogens is 421 g/mol. The molecule has 1 aromatic carbocycles. The van der Waals surface area contributed by atoms with E-state index in [0.29, 0.717) is 12.8 Å². The molecule has 10 heteroatoms. The standard InChI is InChI=1S/C20H26FN3O.C2H2O4.H2O/c1-20(2)12-18-16(19(25)13-20)11-17(14-5-7-15(21)8-6-14)22-24(18)10-9-23(3)4;3-1(4)2(5)6;/h5-8H,9-13H2,1-4H3;(H,3,4)(H,5,6);1H2. The van der Waals surface area contributed by atoms with Crippen molar-refractivity contribution >= 4 is 23.4 Å². The highest BCUT2D eigenvalue weighted by Gasteiger charge is 2.37. The summed E-state index contributed by atoms with van der Waals surface area (Å²) in [6, 6.07) is 6.36. The number of nitrogens with zero attached hydrogens (tertiary/aromatic N) is 3. The molecule has 9 nitrogen and oxygen atoms in total. The van der Waals surface area contributed by atoms with Crippen LogP contribution >= 0.6 is 0 Å². The fourth-order valence-electron chi connectivity index (χ4n) is 3.46. The second-order valence-corrected chi connectivity index (χ2v) is 8.63. The van der Waals surface area contributed by atoms with Crippen LogP contribution in [0.15, 0.2) is 40.6 Å². The molecule has 32 heavy (non-hydrogen) atoms. The molecule has 4 N–H and O–H groups in total. The van der Waals surface area contributed by atoms with E-state index >= 15 is 0 Å². The first-order valence-corrected chi connectivity index (χ1v) is 9.87. The van der Waals surface area contributed by atoms with Gasteiger partial charge in [0.1, 0.15) is 5.82 Å². The first-order valence-electron chi connectivity index (χ1n) is 9.87. The van der Waals surface area contributed by atoms with Crippen LogP contribution in [0.25, 0.3) is 0 Å². The summed E-state index contributed by atoms with van der Waals surface area (Å²) in [7, 11) is 4.06. The fourth-order valence-corrected chi connectivity index (χ4v) is 3.46. The van der Waals surface area contributed by atoms with Crippen molar-refractivity contribution in [3.8, 4) is 0 Å². The monoisotopic (exact) mass is 451 g/mol. The average Bonchev–Trinajstić information content (AvgIpc) is 2.66. The second kappa shape index (κ2) is 11.0. The average molecular weight is 451 g/mol. The Morgan fingerprint density at radius 1 is 1.12 bits per heavy atom. The van der Waals surface area contributed by atoms with E-state index in [1.807, 2.05) is 19.1 Å². The predicted octanol–water partition coefficient (Wildman–Crippen LogP) is 1.77. The van der Waals surface area contributed by atoms with Gasteiger partial charge < -0.3 is 20.6 Å². The summed E-state index contributed by atoms with van der Waals surface area (Å²) >= 11 is 0. The van der Waals surface area contributed by atoms with Crippen molar-refractivity contribution in [2.45, 2.75) is 33.1 Å². The molecule has 2 aliphatic rings. The number of likely N-dealkylation sites (N-methyl/N-ethyl adjacent to an activating group) is 1. The zero-order valence-corrected chi connectivity index (χ0v) is 18.7. The molecule has 1 heterocycles. The number of benzene rings is 1. The minimum atomic E-state index is -1.82. The Morgan fingerprint density at radius 3 is 2.19 bits per heavy atom. The third kappa shape index (κ3) is 7.24. The second-order valence-electron chi connectivity index (χ2n) is 8.63. The Kier molecular flexibility index (Phi) is 9.22. The van der Waals surface area contributed by atoms with Gasteiger partial charge in [-0.2, -0.15) is 5.10 Å². The predicted molar refractivity (Wildman–Crippen MR) is 117 cm³/mol. The number of allylic oxidation sites excluding steroid dienone is 2. The van der Waals surface area contributed by atoms with Crippen LogP contribution in [-0.2, 0) is 14.4 Å². The highest BCUT2D eigenvalue weighted by Crippen LogP contribution is 2.41. The topological polar surface area (TPSA) is 142 Å². The van der Waals surface area contributed by atoms with E-state index in [4.69, 9.17) is 24.9 Å². The van der Waals surface area contributed by atoms with Crippen LogP contribution in [0, 0.1) is 11.2 Å². The number of hydrogen-bond acceptors (Lipinski definition) is 6. The zero-order chi connectivity index (χ0) is 23.3.